The molecular weight excluding hydrogens is 346 g/mol. The van der Waals surface area contributed by atoms with Crippen molar-refractivity contribution in [3.05, 3.63) is 11.7 Å². The zero-order valence-electron chi connectivity index (χ0n) is 16.1. The molecule has 0 bridgehead atoms. The van der Waals surface area contributed by atoms with Gasteiger partial charge in [0.1, 0.15) is 0 Å². The normalized spacial score (nSPS) is 19.3. The van der Waals surface area contributed by atoms with Gasteiger partial charge in [-0.15, -0.1) is 0 Å². The van der Waals surface area contributed by atoms with Crippen LogP contribution in [0.15, 0.2) is 4.52 Å². The topological polar surface area (TPSA) is 96.5 Å². The molecule has 1 amide bonds. The molecule has 2 aliphatic rings. The molecule has 1 aliphatic heterocycles. The quantitative estimate of drug-likeness (QED) is 0.707. The molecule has 0 radical (unpaired) electrons. The summed E-state index contributed by atoms with van der Waals surface area (Å²) in [7, 11) is 0. The number of aromatic nitrogens is 2. The lowest BCUT2D eigenvalue weighted by atomic mass is 9.84. The van der Waals surface area contributed by atoms with Crippen LogP contribution < -0.4 is 0 Å². The number of hydrogen-bond donors (Lipinski definition) is 1. The molecule has 150 valence electrons. The van der Waals surface area contributed by atoms with E-state index in [4.69, 9.17) is 4.52 Å². The lowest BCUT2D eigenvalue weighted by Gasteiger charge is -2.21. The summed E-state index contributed by atoms with van der Waals surface area (Å²) in [6.45, 7) is 1.60. The summed E-state index contributed by atoms with van der Waals surface area (Å²) >= 11 is 0. The van der Waals surface area contributed by atoms with E-state index in [1.165, 1.54) is 32.1 Å². The van der Waals surface area contributed by atoms with E-state index in [0.717, 1.165) is 51.1 Å². The number of aliphatic carboxylic acids is 1. The third-order valence-electron chi connectivity index (χ3n) is 5.91. The van der Waals surface area contributed by atoms with Crippen molar-refractivity contribution < 1.29 is 19.2 Å². The molecule has 2 fully saturated rings. The number of amides is 1. The van der Waals surface area contributed by atoms with Crippen LogP contribution in [0.5, 0.6) is 0 Å². The molecule has 1 N–H and O–H groups in total. The molecule has 1 aliphatic carbocycles. The number of rotatable bonds is 9. The molecule has 2 heterocycles. The van der Waals surface area contributed by atoms with Crippen LogP contribution in [-0.4, -0.2) is 45.1 Å². The van der Waals surface area contributed by atoms with Crippen LogP contribution in [0.1, 0.15) is 88.3 Å². The zero-order valence-corrected chi connectivity index (χ0v) is 16.1. The molecule has 1 saturated carbocycles. The zero-order chi connectivity index (χ0) is 19.1. The highest BCUT2D eigenvalue weighted by molar-refractivity contribution is 5.78. The van der Waals surface area contributed by atoms with Crippen molar-refractivity contribution >= 4 is 11.9 Å². The van der Waals surface area contributed by atoms with E-state index in [1.54, 1.807) is 0 Å². The lowest BCUT2D eigenvalue weighted by Crippen LogP contribution is -2.29. The van der Waals surface area contributed by atoms with Crippen LogP contribution in [-0.2, 0) is 16.0 Å². The molecule has 3 rings (SSSR count). The van der Waals surface area contributed by atoms with Gasteiger partial charge in [-0.2, -0.15) is 4.98 Å². The first-order valence-electron chi connectivity index (χ1n) is 10.4. The van der Waals surface area contributed by atoms with E-state index >= 15 is 0 Å². The summed E-state index contributed by atoms with van der Waals surface area (Å²) in [4.78, 5) is 29.7. The first-order valence-corrected chi connectivity index (χ1v) is 10.4. The largest absolute Gasteiger partial charge is 0.481 e. The van der Waals surface area contributed by atoms with Gasteiger partial charge in [-0.3, -0.25) is 9.59 Å². The van der Waals surface area contributed by atoms with E-state index in [9.17, 15) is 14.7 Å². The fourth-order valence-electron chi connectivity index (χ4n) is 4.37. The number of nitrogens with zero attached hydrogens (tertiary/aromatic N) is 3. The van der Waals surface area contributed by atoms with E-state index in [2.05, 4.69) is 10.1 Å². The number of carbonyl (C=O) groups excluding carboxylic acids is 1. The van der Waals surface area contributed by atoms with E-state index in [-0.39, 0.29) is 24.7 Å². The van der Waals surface area contributed by atoms with Crippen LogP contribution >= 0.6 is 0 Å². The third kappa shape index (κ3) is 6.04. The van der Waals surface area contributed by atoms with Crippen LogP contribution in [0, 0.1) is 5.92 Å². The minimum absolute atomic E-state index is 0.00757. The molecule has 7 nitrogen and oxygen atoms in total. The van der Waals surface area contributed by atoms with Gasteiger partial charge in [0.25, 0.3) is 0 Å². The highest BCUT2D eigenvalue weighted by atomic mass is 16.5. The number of carbonyl (C=O) groups is 2. The number of carboxylic acids is 1. The fourth-order valence-corrected chi connectivity index (χ4v) is 4.37. The molecule has 27 heavy (non-hydrogen) atoms. The molecular formula is C20H31N3O4. The molecule has 1 atom stereocenters. The Morgan fingerprint density at radius 1 is 1.15 bits per heavy atom. The average molecular weight is 377 g/mol. The Balaban J connectivity index is 1.53. The standard InChI is InChI=1S/C20H31N3O4/c24-18(23-11-4-5-12-23)14-17-21-20(27-22-17)16(13-19(25)26)10-6-9-15-7-2-1-3-8-15/h15-16H,1-14H2,(H,25,26)/t16-/m1/s1. The van der Waals surface area contributed by atoms with Gasteiger partial charge >= 0.3 is 5.97 Å². The summed E-state index contributed by atoms with van der Waals surface area (Å²) in [6.07, 6.45) is 11.7. The maximum atomic E-state index is 12.2. The predicted molar refractivity (Wildman–Crippen MR) is 99.2 cm³/mol. The van der Waals surface area contributed by atoms with E-state index < -0.39 is 5.97 Å². The highest BCUT2D eigenvalue weighted by Gasteiger charge is 2.25. The van der Waals surface area contributed by atoms with Gasteiger partial charge in [0.05, 0.1) is 12.8 Å². The van der Waals surface area contributed by atoms with Crippen molar-refractivity contribution in [2.45, 2.75) is 83.0 Å². The van der Waals surface area contributed by atoms with Gasteiger partial charge in [0.2, 0.25) is 11.8 Å². The van der Waals surface area contributed by atoms with E-state index in [0.29, 0.717) is 11.7 Å². The SMILES string of the molecule is O=C(O)C[C@@H](CCCC1CCCCC1)c1nc(CC(=O)N2CCCC2)no1. The second-order valence-corrected chi connectivity index (χ2v) is 8.04. The van der Waals surface area contributed by atoms with Crippen molar-refractivity contribution in [2.75, 3.05) is 13.1 Å². The number of likely N-dealkylation sites (tertiary alicyclic amines) is 1. The molecule has 0 unspecified atom stereocenters. The summed E-state index contributed by atoms with van der Waals surface area (Å²) in [5, 5.41) is 13.2. The predicted octanol–water partition coefficient (Wildman–Crippen LogP) is 3.54. The van der Waals surface area contributed by atoms with Gasteiger partial charge in [-0.1, -0.05) is 50.1 Å². The number of hydrogen-bond acceptors (Lipinski definition) is 5. The maximum absolute atomic E-state index is 12.2. The second-order valence-electron chi connectivity index (χ2n) is 8.04. The van der Waals surface area contributed by atoms with Gasteiger partial charge in [0.15, 0.2) is 5.82 Å². The summed E-state index contributed by atoms with van der Waals surface area (Å²) in [5.74, 6) is 0.405. The van der Waals surface area contributed by atoms with Crippen LogP contribution in [0.3, 0.4) is 0 Å². The highest BCUT2D eigenvalue weighted by Crippen LogP contribution is 2.31. The Morgan fingerprint density at radius 2 is 1.89 bits per heavy atom. The molecule has 1 aromatic rings. The smallest absolute Gasteiger partial charge is 0.304 e. The summed E-state index contributed by atoms with van der Waals surface area (Å²) in [5.41, 5.74) is 0. The Labute approximate surface area is 160 Å². The third-order valence-corrected chi connectivity index (χ3v) is 5.91. The minimum Gasteiger partial charge on any atom is -0.481 e. The van der Waals surface area contributed by atoms with Gasteiger partial charge in [-0.05, 0) is 25.2 Å². The van der Waals surface area contributed by atoms with Crippen LogP contribution in [0.4, 0.5) is 0 Å². The maximum Gasteiger partial charge on any atom is 0.304 e. The monoisotopic (exact) mass is 377 g/mol. The number of carboxylic acid groups (broad SMARTS) is 1. The van der Waals surface area contributed by atoms with Gasteiger partial charge in [0, 0.05) is 19.0 Å². The Bertz CT molecular complexity index is 618. The first-order chi connectivity index (χ1) is 13.1. The van der Waals surface area contributed by atoms with Crippen LogP contribution in [0.25, 0.3) is 0 Å². The van der Waals surface area contributed by atoms with Crippen molar-refractivity contribution in [1.82, 2.24) is 15.0 Å². The Morgan fingerprint density at radius 3 is 2.59 bits per heavy atom. The van der Waals surface area contributed by atoms with Gasteiger partial charge in [-0.25, -0.2) is 0 Å². The molecule has 1 aromatic heterocycles. The van der Waals surface area contributed by atoms with E-state index in [1.807, 2.05) is 4.90 Å². The molecule has 0 spiro atoms. The molecule has 0 aromatic carbocycles. The Kier molecular flexibility index (Phi) is 7.24. The molecule has 1 saturated heterocycles. The molecule has 7 heteroatoms. The second kappa shape index (κ2) is 9.85. The average Bonchev–Trinajstić information content (AvgIpc) is 3.33. The summed E-state index contributed by atoms with van der Waals surface area (Å²) < 4.78 is 5.34. The van der Waals surface area contributed by atoms with Gasteiger partial charge < -0.3 is 14.5 Å². The fraction of sp³-hybridized carbons (Fsp3) is 0.800. The minimum atomic E-state index is -0.856. The van der Waals surface area contributed by atoms with Crippen molar-refractivity contribution in [1.29, 1.82) is 0 Å². The van der Waals surface area contributed by atoms with Crippen molar-refractivity contribution in [3.8, 4) is 0 Å². The van der Waals surface area contributed by atoms with Crippen molar-refractivity contribution in [2.24, 2.45) is 5.92 Å². The van der Waals surface area contributed by atoms with Crippen LogP contribution in [0.2, 0.25) is 0 Å². The first kappa shape index (κ1) is 19.8. The summed E-state index contributed by atoms with van der Waals surface area (Å²) in [6, 6.07) is 0. The van der Waals surface area contributed by atoms with Crippen molar-refractivity contribution in [3.63, 3.8) is 0 Å². The Hall–Kier alpha value is -1.92. The lowest BCUT2D eigenvalue weighted by molar-refractivity contribution is -0.137.